The number of nitrogens with one attached hydrogen (secondary N) is 1. The Labute approximate surface area is 185 Å². The van der Waals surface area contributed by atoms with Crippen LogP contribution in [0.3, 0.4) is 0 Å². The molecule has 3 atom stereocenters. The highest BCUT2D eigenvalue weighted by atomic mass is 16.3. The standard InChI is InChI=1S/C26H45N3O/c1-22(20-27)10-8-11-23(2)24(3)12-9-13-25(4,21-29-18-16-28-17-19-29)26(30)14-6-5-7-15-26/h8,10,12,22-23,28,30H,5-7,9,11,13-19,21H2,1-4H3/b10-8-,24-12+/t22-,23+,25-/m0/s1. The van der Waals surface area contributed by atoms with Crippen LogP contribution < -0.4 is 5.32 Å². The maximum atomic E-state index is 11.7. The summed E-state index contributed by atoms with van der Waals surface area (Å²) in [4.78, 5) is 2.56. The van der Waals surface area contributed by atoms with Crippen molar-refractivity contribution in [3.05, 3.63) is 23.8 Å². The molecule has 2 fully saturated rings. The van der Waals surface area contributed by atoms with E-state index in [0.29, 0.717) is 5.92 Å². The maximum Gasteiger partial charge on any atom is 0.0713 e. The lowest BCUT2D eigenvalue weighted by atomic mass is 9.63. The highest BCUT2D eigenvalue weighted by molar-refractivity contribution is 5.08. The molecule has 0 aromatic heterocycles. The van der Waals surface area contributed by atoms with Crippen LogP contribution in [0.2, 0.25) is 0 Å². The third-order valence-corrected chi connectivity index (χ3v) is 7.64. The van der Waals surface area contributed by atoms with Crippen molar-refractivity contribution in [2.75, 3.05) is 32.7 Å². The molecule has 170 valence electrons. The van der Waals surface area contributed by atoms with E-state index in [-0.39, 0.29) is 11.3 Å². The molecule has 0 unspecified atom stereocenters. The second-order valence-electron chi connectivity index (χ2n) is 10.1. The van der Waals surface area contributed by atoms with Crippen LogP contribution in [0.5, 0.6) is 0 Å². The summed E-state index contributed by atoms with van der Waals surface area (Å²) in [5.41, 5.74) is 0.830. The molecular weight excluding hydrogens is 370 g/mol. The van der Waals surface area contributed by atoms with Gasteiger partial charge in [-0.15, -0.1) is 0 Å². The van der Waals surface area contributed by atoms with E-state index in [0.717, 1.165) is 77.7 Å². The molecule has 1 heterocycles. The first kappa shape index (κ1) is 25.1. The predicted octanol–water partition coefficient (Wildman–Crippen LogP) is 5.06. The Morgan fingerprint density at radius 3 is 2.53 bits per heavy atom. The fourth-order valence-corrected chi connectivity index (χ4v) is 5.10. The van der Waals surface area contributed by atoms with Gasteiger partial charge in [-0.2, -0.15) is 5.26 Å². The monoisotopic (exact) mass is 415 g/mol. The van der Waals surface area contributed by atoms with Crippen LogP contribution in [0.1, 0.15) is 79.1 Å². The number of rotatable bonds is 10. The minimum absolute atomic E-state index is 0.0107. The van der Waals surface area contributed by atoms with Crippen molar-refractivity contribution in [1.29, 1.82) is 5.26 Å². The number of piperazine rings is 1. The molecule has 0 aromatic rings. The van der Waals surface area contributed by atoms with Gasteiger partial charge in [-0.25, -0.2) is 0 Å². The topological polar surface area (TPSA) is 59.3 Å². The molecule has 0 bridgehead atoms. The Hall–Kier alpha value is -1.15. The summed E-state index contributed by atoms with van der Waals surface area (Å²) in [6, 6.07) is 2.25. The summed E-state index contributed by atoms with van der Waals surface area (Å²) < 4.78 is 0. The average molecular weight is 416 g/mol. The number of nitrogens with zero attached hydrogens (tertiary/aromatic N) is 2. The molecule has 4 heteroatoms. The lowest BCUT2D eigenvalue weighted by Gasteiger charge is -2.50. The van der Waals surface area contributed by atoms with E-state index in [1.807, 2.05) is 13.0 Å². The smallest absolute Gasteiger partial charge is 0.0713 e. The van der Waals surface area contributed by atoms with E-state index in [4.69, 9.17) is 5.26 Å². The summed E-state index contributed by atoms with van der Waals surface area (Å²) in [7, 11) is 0. The third kappa shape index (κ3) is 7.22. The molecule has 1 saturated carbocycles. The molecule has 0 spiro atoms. The molecule has 4 nitrogen and oxygen atoms in total. The first-order chi connectivity index (χ1) is 14.3. The van der Waals surface area contributed by atoms with Gasteiger partial charge in [0.2, 0.25) is 0 Å². The van der Waals surface area contributed by atoms with Gasteiger partial charge >= 0.3 is 0 Å². The quantitative estimate of drug-likeness (QED) is 0.490. The van der Waals surface area contributed by atoms with Crippen molar-refractivity contribution in [3.63, 3.8) is 0 Å². The van der Waals surface area contributed by atoms with E-state index in [9.17, 15) is 5.11 Å². The van der Waals surface area contributed by atoms with Crippen LogP contribution in [0.4, 0.5) is 0 Å². The Morgan fingerprint density at radius 1 is 1.23 bits per heavy atom. The molecule has 0 amide bonds. The Bertz CT molecular complexity index is 608. The van der Waals surface area contributed by atoms with Gasteiger partial charge in [-0.1, -0.05) is 56.9 Å². The zero-order chi connectivity index (χ0) is 22.0. The van der Waals surface area contributed by atoms with E-state index in [1.165, 1.54) is 12.0 Å². The van der Waals surface area contributed by atoms with Gasteiger partial charge in [0.1, 0.15) is 0 Å². The molecule has 2 aliphatic rings. The predicted molar refractivity (Wildman–Crippen MR) is 126 cm³/mol. The average Bonchev–Trinajstić information content (AvgIpc) is 2.74. The SMILES string of the molecule is C/C(=C\CC[C@@](C)(CN1CCNCC1)C1(O)CCCCC1)[C@H](C)C/C=C\[C@H](C)C#N. The van der Waals surface area contributed by atoms with Crippen LogP contribution in [0.15, 0.2) is 23.8 Å². The van der Waals surface area contributed by atoms with Crippen molar-refractivity contribution in [1.82, 2.24) is 10.2 Å². The van der Waals surface area contributed by atoms with Gasteiger partial charge < -0.3 is 15.3 Å². The summed E-state index contributed by atoms with van der Waals surface area (Å²) in [5, 5.41) is 24.0. The zero-order valence-corrected chi connectivity index (χ0v) is 19.9. The van der Waals surface area contributed by atoms with E-state index < -0.39 is 5.60 Å². The molecule has 1 aliphatic heterocycles. The van der Waals surface area contributed by atoms with E-state index in [1.54, 1.807) is 0 Å². The highest BCUT2D eigenvalue weighted by Crippen LogP contribution is 2.46. The molecule has 2 rings (SSSR count). The van der Waals surface area contributed by atoms with Gasteiger partial charge in [0.05, 0.1) is 17.6 Å². The normalized spacial score (nSPS) is 24.9. The number of nitriles is 1. The second kappa shape index (κ2) is 12.0. The van der Waals surface area contributed by atoms with Crippen LogP contribution in [0.25, 0.3) is 0 Å². The van der Waals surface area contributed by atoms with Crippen LogP contribution in [-0.4, -0.2) is 48.3 Å². The van der Waals surface area contributed by atoms with Crippen molar-refractivity contribution in [3.8, 4) is 6.07 Å². The highest BCUT2D eigenvalue weighted by Gasteiger charge is 2.47. The molecular formula is C26H45N3O. The zero-order valence-electron chi connectivity index (χ0n) is 19.9. The lowest BCUT2D eigenvalue weighted by Crippen LogP contribution is -2.56. The molecule has 1 aliphatic carbocycles. The minimum Gasteiger partial charge on any atom is -0.389 e. The Balaban J connectivity index is 2.00. The molecule has 0 radical (unpaired) electrons. The fraction of sp³-hybridized carbons (Fsp3) is 0.808. The van der Waals surface area contributed by atoms with Crippen LogP contribution >= 0.6 is 0 Å². The van der Waals surface area contributed by atoms with Gasteiger partial charge in [-0.3, -0.25) is 0 Å². The van der Waals surface area contributed by atoms with Gasteiger partial charge in [0.25, 0.3) is 0 Å². The fourth-order valence-electron chi connectivity index (χ4n) is 5.10. The van der Waals surface area contributed by atoms with Crippen molar-refractivity contribution in [2.24, 2.45) is 17.3 Å². The first-order valence-electron chi connectivity index (χ1n) is 12.2. The van der Waals surface area contributed by atoms with Crippen LogP contribution in [0, 0.1) is 28.6 Å². The summed E-state index contributed by atoms with van der Waals surface area (Å²) >= 11 is 0. The van der Waals surface area contributed by atoms with Gasteiger partial charge in [0, 0.05) is 38.1 Å². The summed E-state index contributed by atoms with van der Waals surface area (Å²) in [5.74, 6) is 0.479. The minimum atomic E-state index is -0.528. The number of allylic oxidation sites excluding steroid dienone is 4. The maximum absolute atomic E-state index is 11.7. The molecule has 30 heavy (non-hydrogen) atoms. The third-order valence-electron chi connectivity index (χ3n) is 7.64. The lowest BCUT2D eigenvalue weighted by molar-refractivity contribution is -0.117. The molecule has 2 N–H and O–H groups in total. The van der Waals surface area contributed by atoms with Crippen molar-refractivity contribution >= 4 is 0 Å². The van der Waals surface area contributed by atoms with Gasteiger partial charge in [-0.05, 0) is 51.9 Å². The number of hydrogen-bond donors (Lipinski definition) is 2. The number of hydrogen-bond acceptors (Lipinski definition) is 4. The van der Waals surface area contributed by atoms with E-state index >= 15 is 0 Å². The van der Waals surface area contributed by atoms with Crippen molar-refractivity contribution in [2.45, 2.75) is 84.7 Å². The molecule has 1 saturated heterocycles. The largest absolute Gasteiger partial charge is 0.389 e. The van der Waals surface area contributed by atoms with Crippen molar-refractivity contribution < 1.29 is 5.11 Å². The summed E-state index contributed by atoms with van der Waals surface area (Å²) in [6.07, 6.45) is 15.1. The first-order valence-corrected chi connectivity index (χ1v) is 12.2. The second-order valence-corrected chi connectivity index (χ2v) is 10.1. The van der Waals surface area contributed by atoms with Gasteiger partial charge in [0.15, 0.2) is 0 Å². The summed E-state index contributed by atoms with van der Waals surface area (Å²) in [6.45, 7) is 14.1. The van der Waals surface area contributed by atoms with Crippen LogP contribution in [-0.2, 0) is 0 Å². The molecule has 0 aromatic carbocycles. The number of aliphatic hydroxyl groups is 1. The Kier molecular flexibility index (Phi) is 10.1. The Morgan fingerprint density at radius 2 is 1.90 bits per heavy atom. The van der Waals surface area contributed by atoms with E-state index in [2.05, 4.69) is 49.2 Å².